The molecule has 1 unspecified atom stereocenters. The van der Waals surface area contributed by atoms with Crippen molar-refractivity contribution in [2.45, 2.75) is 19.9 Å². The number of anilines is 2. The fourth-order valence-corrected chi connectivity index (χ4v) is 2.98. The lowest BCUT2D eigenvalue weighted by Crippen LogP contribution is -2.20. The van der Waals surface area contributed by atoms with E-state index in [0.29, 0.717) is 12.6 Å². The molecule has 1 aromatic heterocycles. The van der Waals surface area contributed by atoms with Crippen LogP contribution in [0.15, 0.2) is 36.4 Å². The van der Waals surface area contributed by atoms with Gasteiger partial charge >= 0.3 is 0 Å². The lowest BCUT2D eigenvalue weighted by atomic mass is 10.2. The molecule has 2 aromatic rings. The molecule has 0 aliphatic carbocycles. The number of aliphatic hydroxyl groups is 1. The highest BCUT2D eigenvalue weighted by molar-refractivity contribution is 7.12. The third-order valence-corrected chi connectivity index (χ3v) is 4.50. The number of rotatable bonds is 6. The number of nitrogens with zero attached hydrogens (tertiary/aromatic N) is 1. The summed E-state index contributed by atoms with van der Waals surface area (Å²) in [5, 5.41) is 12.5. The first kappa shape index (κ1) is 14.9. The normalized spacial score (nSPS) is 12.2. The van der Waals surface area contributed by atoms with Crippen molar-refractivity contribution in [3.63, 3.8) is 0 Å². The number of aryl methyl sites for hydroxylation is 1. The second-order valence-corrected chi connectivity index (χ2v) is 6.33. The Labute approximate surface area is 124 Å². The van der Waals surface area contributed by atoms with Gasteiger partial charge in [0.05, 0.1) is 12.6 Å². The zero-order valence-electron chi connectivity index (χ0n) is 12.3. The fourth-order valence-electron chi connectivity index (χ4n) is 2.10. The first-order chi connectivity index (χ1) is 9.60. The van der Waals surface area contributed by atoms with E-state index in [-0.39, 0.29) is 6.61 Å². The summed E-state index contributed by atoms with van der Waals surface area (Å²) in [6.45, 7) is 5.13. The van der Waals surface area contributed by atoms with Gasteiger partial charge in [0.15, 0.2) is 0 Å². The largest absolute Gasteiger partial charge is 0.395 e. The van der Waals surface area contributed by atoms with Crippen LogP contribution < -0.4 is 10.2 Å². The Balaban J connectivity index is 2.00. The SMILES string of the molecule is Cc1ccc(C(C)Nc2ccc(N(C)CCO)cc2)s1. The Morgan fingerprint density at radius 1 is 1.20 bits per heavy atom. The second kappa shape index (κ2) is 6.77. The highest BCUT2D eigenvalue weighted by Gasteiger charge is 2.07. The maximum absolute atomic E-state index is 8.95. The predicted molar refractivity (Wildman–Crippen MR) is 87.9 cm³/mol. The minimum absolute atomic E-state index is 0.172. The number of hydrogen-bond acceptors (Lipinski definition) is 4. The summed E-state index contributed by atoms with van der Waals surface area (Å²) in [7, 11) is 1.98. The van der Waals surface area contributed by atoms with Crippen LogP contribution in [0.3, 0.4) is 0 Å². The van der Waals surface area contributed by atoms with Crippen molar-refractivity contribution in [3.8, 4) is 0 Å². The summed E-state index contributed by atoms with van der Waals surface area (Å²) in [5.41, 5.74) is 2.23. The van der Waals surface area contributed by atoms with Crippen molar-refractivity contribution in [2.24, 2.45) is 0 Å². The van der Waals surface area contributed by atoms with Crippen LogP contribution in [0.2, 0.25) is 0 Å². The van der Waals surface area contributed by atoms with Crippen LogP contribution in [-0.2, 0) is 0 Å². The highest BCUT2D eigenvalue weighted by Crippen LogP contribution is 2.26. The van der Waals surface area contributed by atoms with E-state index < -0.39 is 0 Å². The van der Waals surface area contributed by atoms with Crippen LogP contribution >= 0.6 is 11.3 Å². The Bertz CT molecular complexity index is 536. The summed E-state index contributed by atoms with van der Waals surface area (Å²) in [6.07, 6.45) is 0. The van der Waals surface area contributed by atoms with Crippen molar-refractivity contribution in [1.82, 2.24) is 0 Å². The van der Waals surface area contributed by atoms with E-state index in [0.717, 1.165) is 11.4 Å². The minimum Gasteiger partial charge on any atom is -0.395 e. The van der Waals surface area contributed by atoms with Gasteiger partial charge in [-0.3, -0.25) is 0 Å². The molecule has 3 nitrogen and oxygen atoms in total. The molecular formula is C16H22N2OS. The topological polar surface area (TPSA) is 35.5 Å². The molecule has 2 rings (SSSR count). The van der Waals surface area contributed by atoms with Crippen molar-refractivity contribution in [3.05, 3.63) is 46.2 Å². The fraction of sp³-hybridized carbons (Fsp3) is 0.375. The zero-order chi connectivity index (χ0) is 14.5. The molecule has 0 spiro atoms. The van der Waals surface area contributed by atoms with E-state index in [1.54, 1.807) is 0 Å². The molecule has 1 atom stereocenters. The van der Waals surface area contributed by atoms with Gasteiger partial charge in [-0.15, -0.1) is 11.3 Å². The van der Waals surface area contributed by atoms with Gasteiger partial charge in [-0.1, -0.05) is 0 Å². The lowest BCUT2D eigenvalue weighted by Gasteiger charge is -2.19. The Hall–Kier alpha value is -1.52. The van der Waals surface area contributed by atoms with Crippen LogP contribution in [0.1, 0.15) is 22.7 Å². The van der Waals surface area contributed by atoms with Gasteiger partial charge in [0.2, 0.25) is 0 Å². The summed E-state index contributed by atoms with van der Waals surface area (Å²) in [5.74, 6) is 0. The Kier molecular flexibility index (Phi) is 5.04. The third kappa shape index (κ3) is 3.74. The first-order valence-corrected chi connectivity index (χ1v) is 7.66. The van der Waals surface area contributed by atoms with Crippen LogP contribution in [0, 0.1) is 6.92 Å². The molecule has 2 N–H and O–H groups in total. The standard InChI is InChI=1S/C16H22N2OS/c1-12-4-9-16(20-12)13(2)17-14-5-7-15(8-6-14)18(3)10-11-19/h4-9,13,17,19H,10-11H2,1-3H3. The van der Waals surface area contributed by atoms with E-state index in [4.69, 9.17) is 5.11 Å². The minimum atomic E-state index is 0.172. The van der Waals surface area contributed by atoms with Crippen LogP contribution in [0.5, 0.6) is 0 Å². The van der Waals surface area contributed by atoms with E-state index >= 15 is 0 Å². The monoisotopic (exact) mass is 290 g/mol. The molecule has 20 heavy (non-hydrogen) atoms. The molecule has 0 radical (unpaired) electrons. The predicted octanol–water partition coefficient (Wildman–Crippen LogP) is 3.66. The molecular weight excluding hydrogens is 268 g/mol. The van der Waals surface area contributed by atoms with Gasteiger partial charge < -0.3 is 15.3 Å². The number of benzene rings is 1. The maximum atomic E-state index is 8.95. The molecule has 0 bridgehead atoms. The van der Waals surface area contributed by atoms with Gasteiger partial charge in [0, 0.05) is 34.7 Å². The molecule has 0 aliphatic rings. The summed E-state index contributed by atoms with van der Waals surface area (Å²) in [6, 6.07) is 13.0. The van der Waals surface area contributed by atoms with Crippen molar-refractivity contribution in [2.75, 3.05) is 30.4 Å². The smallest absolute Gasteiger partial charge is 0.0606 e. The second-order valence-electron chi connectivity index (χ2n) is 5.01. The van der Waals surface area contributed by atoms with Crippen LogP contribution in [0.25, 0.3) is 0 Å². The number of thiophene rings is 1. The molecule has 4 heteroatoms. The molecule has 1 heterocycles. The quantitative estimate of drug-likeness (QED) is 0.852. The van der Waals surface area contributed by atoms with Gasteiger partial charge in [-0.05, 0) is 50.2 Å². The number of aliphatic hydroxyl groups excluding tert-OH is 1. The van der Waals surface area contributed by atoms with Crippen molar-refractivity contribution < 1.29 is 5.11 Å². The Morgan fingerprint density at radius 2 is 1.90 bits per heavy atom. The maximum Gasteiger partial charge on any atom is 0.0606 e. The van der Waals surface area contributed by atoms with E-state index in [9.17, 15) is 0 Å². The highest BCUT2D eigenvalue weighted by atomic mass is 32.1. The van der Waals surface area contributed by atoms with E-state index in [1.165, 1.54) is 9.75 Å². The van der Waals surface area contributed by atoms with E-state index in [2.05, 4.69) is 55.6 Å². The van der Waals surface area contributed by atoms with Gasteiger partial charge in [-0.2, -0.15) is 0 Å². The average molecular weight is 290 g/mol. The van der Waals surface area contributed by atoms with Gasteiger partial charge in [0.25, 0.3) is 0 Å². The number of nitrogens with one attached hydrogen (secondary N) is 1. The summed E-state index contributed by atoms with van der Waals surface area (Å²) in [4.78, 5) is 4.73. The number of hydrogen-bond donors (Lipinski definition) is 2. The summed E-state index contributed by atoms with van der Waals surface area (Å²) >= 11 is 1.83. The lowest BCUT2D eigenvalue weighted by molar-refractivity contribution is 0.304. The first-order valence-electron chi connectivity index (χ1n) is 6.85. The van der Waals surface area contributed by atoms with Crippen LogP contribution in [-0.4, -0.2) is 25.3 Å². The molecule has 0 amide bonds. The van der Waals surface area contributed by atoms with Crippen LogP contribution in [0.4, 0.5) is 11.4 Å². The number of likely N-dealkylation sites (N-methyl/N-ethyl adjacent to an activating group) is 1. The molecule has 0 fully saturated rings. The summed E-state index contributed by atoms with van der Waals surface area (Å²) < 4.78 is 0. The van der Waals surface area contributed by atoms with Gasteiger partial charge in [0.1, 0.15) is 0 Å². The Morgan fingerprint density at radius 3 is 2.45 bits per heavy atom. The van der Waals surface area contributed by atoms with Gasteiger partial charge in [-0.25, -0.2) is 0 Å². The molecule has 108 valence electrons. The van der Waals surface area contributed by atoms with Crippen molar-refractivity contribution >= 4 is 22.7 Å². The molecule has 0 saturated carbocycles. The average Bonchev–Trinajstić information content (AvgIpc) is 2.86. The molecule has 0 aliphatic heterocycles. The third-order valence-electron chi connectivity index (χ3n) is 3.31. The molecule has 1 aromatic carbocycles. The molecule has 0 saturated heterocycles. The van der Waals surface area contributed by atoms with E-state index in [1.807, 2.05) is 23.3 Å². The zero-order valence-corrected chi connectivity index (χ0v) is 13.1. The van der Waals surface area contributed by atoms with Crippen molar-refractivity contribution in [1.29, 1.82) is 0 Å².